The van der Waals surface area contributed by atoms with Crippen molar-refractivity contribution >= 4 is 5.97 Å². The van der Waals surface area contributed by atoms with Gasteiger partial charge in [-0.25, -0.2) is 4.39 Å². The van der Waals surface area contributed by atoms with Crippen LogP contribution in [0.4, 0.5) is 4.39 Å². The van der Waals surface area contributed by atoms with Gasteiger partial charge in [0.2, 0.25) is 0 Å². The van der Waals surface area contributed by atoms with E-state index in [0.717, 1.165) is 24.0 Å². The molecule has 1 saturated carbocycles. The van der Waals surface area contributed by atoms with E-state index >= 15 is 0 Å². The van der Waals surface area contributed by atoms with E-state index in [2.05, 4.69) is 6.58 Å². The highest BCUT2D eigenvalue weighted by Crippen LogP contribution is 2.45. The van der Waals surface area contributed by atoms with Crippen molar-refractivity contribution in [2.75, 3.05) is 7.11 Å². The number of benzene rings is 3. The number of aliphatic hydroxyl groups is 1. The maximum absolute atomic E-state index is 14.9. The summed E-state index contributed by atoms with van der Waals surface area (Å²) in [7, 11) is 1.53. The summed E-state index contributed by atoms with van der Waals surface area (Å²) >= 11 is 0. The van der Waals surface area contributed by atoms with Gasteiger partial charge in [0.25, 0.3) is 0 Å². The van der Waals surface area contributed by atoms with Crippen LogP contribution < -0.4 is 9.47 Å². The quantitative estimate of drug-likeness (QED) is 0.246. The Morgan fingerprint density at radius 3 is 2.53 bits per heavy atom. The molecular weight excluding hydrogens is 483 g/mol. The molecule has 0 amide bonds. The number of hydrogen-bond acceptors (Lipinski definition) is 4. The summed E-state index contributed by atoms with van der Waals surface area (Å²) in [5.74, 6) is 0.344. The van der Waals surface area contributed by atoms with Crippen LogP contribution >= 0.6 is 0 Å². The summed E-state index contributed by atoms with van der Waals surface area (Å²) in [4.78, 5) is 11.4. The Hall–Kier alpha value is -3.64. The van der Waals surface area contributed by atoms with E-state index in [4.69, 9.17) is 9.47 Å². The lowest BCUT2D eigenvalue weighted by atomic mass is 9.79. The zero-order valence-corrected chi connectivity index (χ0v) is 22.1. The highest BCUT2D eigenvalue weighted by Gasteiger charge is 2.34. The minimum absolute atomic E-state index is 0.0176. The second kappa shape index (κ2) is 11.4. The first-order chi connectivity index (χ1) is 18.1. The third kappa shape index (κ3) is 6.25. The van der Waals surface area contributed by atoms with Crippen LogP contribution in [-0.2, 0) is 11.4 Å². The molecule has 38 heavy (non-hydrogen) atoms. The highest BCUT2D eigenvalue weighted by molar-refractivity contribution is 5.71. The topological polar surface area (TPSA) is 76.0 Å². The van der Waals surface area contributed by atoms with Crippen LogP contribution in [0.1, 0.15) is 61.8 Å². The number of carboxylic acids is 1. The van der Waals surface area contributed by atoms with E-state index in [9.17, 15) is 19.4 Å². The van der Waals surface area contributed by atoms with Gasteiger partial charge in [-0.05, 0) is 83.3 Å². The lowest BCUT2D eigenvalue weighted by Crippen LogP contribution is -2.20. The van der Waals surface area contributed by atoms with Crippen LogP contribution in [0.25, 0.3) is 11.1 Å². The fourth-order valence-electron chi connectivity index (χ4n) is 4.77. The lowest BCUT2D eigenvalue weighted by molar-refractivity contribution is -0.137. The first-order valence-corrected chi connectivity index (χ1v) is 12.9. The standard InChI is InChI=1S/C32H35FO5/c1-5-32(2,3)31(36)28-15-20(9-13-25(28)27-17-23(37-4)12-14-29(27)33)19-38-24-8-6-7-22(16-24)26(18-30(34)35)21-10-11-21/h5-9,12-17,21,26,31,36H,1,10-11,18-19H2,2-4H3,(H,34,35)/t26-,31+/m0/s1. The van der Waals surface area contributed by atoms with Crippen LogP contribution in [-0.4, -0.2) is 23.3 Å². The number of rotatable bonds is 12. The van der Waals surface area contributed by atoms with Gasteiger partial charge in [-0.3, -0.25) is 4.79 Å². The van der Waals surface area contributed by atoms with Crippen LogP contribution in [0, 0.1) is 17.2 Å². The molecule has 0 aromatic heterocycles. The van der Waals surface area contributed by atoms with E-state index < -0.39 is 23.3 Å². The van der Waals surface area contributed by atoms with Crippen LogP contribution in [0.15, 0.2) is 73.3 Å². The van der Waals surface area contributed by atoms with Gasteiger partial charge in [0, 0.05) is 11.0 Å². The molecule has 0 radical (unpaired) electrons. The summed E-state index contributed by atoms with van der Waals surface area (Å²) in [6.07, 6.45) is 2.95. The van der Waals surface area contributed by atoms with Crippen LogP contribution in [0.5, 0.6) is 11.5 Å². The molecule has 3 aromatic rings. The van der Waals surface area contributed by atoms with Gasteiger partial charge in [-0.15, -0.1) is 6.58 Å². The number of ether oxygens (including phenoxy) is 2. The number of hydrogen-bond donors (Lipinski definition) is 2. The van der Waals surface area contributed by atoms with Gasteiger partial charge in [0.1, 0.15) is 23.9 Å². The number of carboxylic acid groups (broad SMARTS) is 1. The van der Waals surface area contributed by atoms with E-state index in [1.165, 1.54) is 13.2 Å². The van der Waals surface area contributed by atoms with Crippen molar-refractivity contribution in [1.29, 1.82) is 0 Å². The summed E-state index contributed by atoms with van der Waals surface area (Å²) < 4.78 is 26.3. The Morgan fingerprint density at radius 2 is 1.87 bits per heavy atom. The Kier molecular flexibility index (Phi) is 8.22. The third-order valence-electron chi connectivity index (χ3n) is 7.38. The Labute approximate surface area is 223 Å². The van der Waals surface area contributed by atoms with Crippen LogP contribution in [0.3, 0.4) is 0 Å². The van der Waals surface area contributed by atoms with Gasteiger partial charge in [0.15, 0.2) is 0 Å². The molecule has 6 heteroatoms. The predicted octanol–water partition coefficient (Wildman–Crippen LogP) is 7.29. The van der Waals surface area contributed by atoms with Crippen molar-refractivity contribution in [2.24, 2.45) is 11.3 Å². The maximum atomic E-state index is 14.9. The maximum Gasteiger partial charge on any atom is 0.303 e. The monoisotopic (exact) mass is 518 g/mol. The molecule has 2 N–H and O–H groups in total. The van der Waals surface area contributed by atoms with Gasteiger partial charge in [0.05, 0.1) is 19.6 Å². The molecule has 0 bridgehead atoms. The molecule has 0 heterocycles. The first kappa shape index (κ1) is 27.4. The average molecular weight is 519 g/mol. The second-order valence-electron chi connectivity index (χ2n) is 10.6. The molecule has 2 atom stereocenters. The smallest absolute Gasteiger partial charge is 0.303 e. The van der Waals surface area contributed by atoms with Crippen LogP contribution in [0.2, 0.25) is 0 Å². The number of carbonyl (C=O) groups is 1. The van der Waals surface area contributed by atoms with Crippen molar-refractivity contribution in [3.05, 3.63) is 95.8 Å². The predicted molar refractivity (Wildman–Crippen MR) is 146 cm³/mol. The third-order valence-corrected chi connectivity index (χ3v) is 7.38. The van der Waals surface area contributed by atoms with Crippen molar-refractivity contribution in [3.8, 4) is 22.6 Å². The van der Waals surface area contributed by atoms with Gasteiger partial charge >= 0.3 is 5.97 Å². The number of methoxy groups -OCH3 is 1. The lowest BCUT2D eigenvalue weighted by Gasteiger charge is -2.29. The van der Waals surface area contributed by atoms with E-state index in [-0.39, 0.29) is 18.9 Å². The minimum Gasteiger partial charge on any atom is -0.497 e. The number of aliphatic carboxylic acids is 1. The zero-order chi connectivity index (χ0) is 27.4. The van der Waals surface area contributed by atoms with Gasteiger partial charge in [-0.2, -0.15) is 0 Å². The molecule has 0 unspecified atom stereocenters. The summed E-state index contributed by atoms with van der Waals surface area (Å²) in [6.45, 7) is 7.84. The molecule has 0 spiro atoms. The van der Waals surface area contributed by atoms with Gasteiger partial charge in [-0.1, -0.05) is 44.2 Å². The first-order valence-electron chi connectivity index (χ1n) is 12.9. The average Bonchev–Trinajstić information content (AvgIpc) is 3.76. The molecule has 200 valence electrons. The normalized spacial score (nSPS) is 15.0. The molecule has 3 aromatic carbocycles. The van der Waals surface area contributed by atoms with Crippen molar-refractivity contribution < 1.29 is 28.9 Å². The summed E-state index contributed by atoms with van der Waals surface area (Å²) in [5, 5.41) is 20.7. The van der Waals surface area contributed by atoms with E-state index in [0.29, 0.717) is 34.1 Å². The molecular formula is C32H35FO5. The van der Waals surface area contributed by atoms with E-state index in [1.807, 2.05) is 50.2 Å². The molecule has 5 nitrogen and oxygen atoms in total. The molecule has 0 aliphatic heterocycles. The van der Waals surface area contributed by atoms with Crippen molar-refractivity contribution in [1.82, 2.24) is 0 Å². The second-order valence-corrected chi connectivity index (χ2v) is 10.6. The fraction of sp³-hybridized carbons (Fsp3) is 0.344. The summed E-state index contributed by atoms with van der Waals surface area (Å²) in [5.41, 5.74) is 2.58. The van der Waals surface area contributed by atoms with E-state index in [1.54, 1.807) is 24.3 Å². The Bertz CT molecular complexity index is 1310. The van der Waals surface area contributed by atoms with Crippen molar-refractivity contribution in [2.45, 2.75) is 51.7 Å². The zero-order valence-electron chi connectivity index (χ0n) is 22.1. The largest absolute Gasteiger partial charge is 0.497 e. The molecule has 0 saturated heterocycles. The Morgan fingerprint density at radius 1 is 1.11 bits per heavy atom. The molecule has 1 aliphatic rings. The summed E-state index contributed by atoms with van der Waals surface area (Å²) in [6, 6.07) is 17.6. The molecule has 4 rings (SSSR count). The van der Waals surface area contributed by atoms with Gasteiger partial charge < -0.3 is 19.7 Å². The SMILES string of the molecule is C=CC(C)(C)[C@H](O)c1cc(COc2cccc([C@@H](CC(=O)O)C3CC3)c2)ccc1-c1cc(OC)ccc1F. The van der Waals surface area contributed by atoms with Crippen molar-refractivity contribution in [3.63, 3.8) is 0 Å². The fourth-order valence-corrected chi connectivity index (χ4v) is 4.77. The Balaban J connectivity index is 1.63. The number of aliphatic hydroxyl groups excluding tert-OH is 1. The minimum atomic E-state index is -0.945. The molecule has 1 fully saturated rings. The number of halogens is 1. The molecule has 1 aliphatic carbocycles. The highest BCUT2D eigenvalue weighted by atomic mass is 19.1.